The minimum atomic E-state index is -0.682. The highest BCUT2D eigenvalue weighted by Crippen LogP contribution is 2.18. The van der Waals surface area contributed by atoms with Gasteiger partial charge in [-0.15, -0.1) is 0 Å². The second kappa shape index (κ2) is 9.16. The van der Waals surface area contributed by atoms with Crippen molar-refractivity contribution >= 4 is 17.6 Å². The molecule has 0 saturated carbocycles. The van der Waals surface area contributed by atoms with Crippen molar-refractivity contribution in [2.45, 2.75) is 40.3 Å². The van der Waals surface area contributed by atoms with E-state index in [1.807, 2.05) is 45.9 Å². The van der Waals surface area contributed by atoms with E-state index < -0.39 is 12.1 Å². The van der Waals surface area contributed by atoms with Crippen LogP contribution in [0.1, 0.15) is 30.5 Å². The molecule has 0 fully saturated rings. The first-order chi connectivity index (χ1) is 12.8. The summed E-state index contributed by atoms with van der Waals surface area (Å²) in [5.41, 5.74) is 3.58. The largest absolute Gasteiger partial charge is 0.334 e. The third-order valence-corrected chi connectivity index (χ3v) is 4.46. The second-order valence-corrected chi connectivity index (χ2v) is 6.91. The van der Waals surface area contributed by atoms with Crippen LogP contribution in [-0.4, -0.2) is 18.0 Å². The Hall–Kier alpha value is -2.89. The molecule has 0 aliphatic carbocycles. The first-order valence-electron chi connectivity index (χ1n) is 8.94. The Morgan fingerprint density at radius 2 is 1.70 bits per heavy atom. The Morgan fingerprint density at radius 1 is 1.04 bits per heavy atom. The van der Waals surface area contributed by atoms with Crippen molar-refractivity contribution in [3.05, 3.63) is 65.0 Å². The number of urea groups is 1. The fourth-order valence-corrected chi connectivity index (χ4v) is 2.61. The molecule has 0 unspecified atom stereocenters. The topological polar surface area (TPSA) is 70.2 Å². The van der Waals surface area contributed by atoms with E-state index in [1.54, 1.807) is 12.1 Å². The van der Waals surface area contributed by atoms with E-state index >= 15 is 0 Å². The van der Waals surface area contributed by atoms with Crippen LogP contribution in [-0.2, 0) is 11.3 Å². The zero-order chi connectivity index (χ0) is 20.0. The van der Waals surface area contributed by atoms with E-state index in [1.165, 1.54) is 12.1 Å². The van der Waals surface area contributed by atoms with Gasteiger partial charge in [0.05, 0.1) is 0 Å². The number of carbonyl (C=O) groups is 2. The Morgan fingerprint density at radius 3 is 2.33 bits per heavy atom. The molecular formula is C21H26FN3O2. The van der Waals surface area contributed by atoms with Crippen molar-refractivity contribution < 1.29 is 14.0 Å². The van der Waals surface area contributed by atoms with Crippen LogP contribution in [0.15, 0.2) is 42.5 Å². The normalized spacial score (nSPS) is 11.8. The first kappa shape index (κ1) is 20.4. The van der Waals surface area contributed by atoms with Gasteiger partial charge in [-0.05, 0) is 54.7 Å². The Bertz CT molecular complexity index is 804. The number of benzene rings is 2. The highest BCUT2D eigenvalue weighted by atomic mass is 19.1. The van der Waals surface area contributed by atoms with Crippen molar-refractivity contribution in [1.29, 1.82) is 0 Å². The molecule has 5 nitrogen and oxygen atoms in total. The summed E-state index contributed by atoms with van der Waals surface area (Å²) in [6, 6.07) is 10.4. The SMILES string of the molecule is Cc1cccc(NC(=O)[C@@H](NC(=O)NCc2ccc(F)cc2)C(C)C)c1C. The number of aryl methyl sites for hydroxylation is 1. The average molecular weight is 371 g/mol. The molecule has 144 valence electrons. The molecule has 2 rings (SSSR count). The molecule has 27 heavy (non-hydrogen) atoms. The van der Waals surface area contributed by atoms with Gasteiger partial charge in [-0.25, -0.2) is 9.18 Å². The molecule has 0 aliphatic rings. The highest BCUT2D eigenvalue weighted by Gasteiger charge is 2.24. The summed E-state index contributed by atoms with van der Waals surface area (Å²) in [5, 5.41) is 8.30. The average Bonchev–Trinajstić information content (AvgIpc) is 2.62. The molecular weight excluding hydrogens is 345 g/mol. The molecule has 1 atom stereocenters. The summed E-state index contributed by atoms with van der Waals surface area (Å²) < 4.78 is 12.9. The number of halogens is 1. The Labute approximate surface area is 159 Å². The van der Waals surface area contributed by atoms with Crippen LogP contribution < -0.4 is 16.0 Å². The van der Waals surface area contributed by atoms with E-state index in [9.17, 15) is 14.0 Å². The lowest BCUT2D eigenvalue weighted by Gasteiger charge is -2.22. The van der Waals surface area contributed by atoms with Crippen molar-refractivity contribution in [2.24, 2.45) is 5.92 Å². The number of hydrogen-bond acceptors (Lipinski definition) is 2. The molecule has 0 aliphatic heterocycles. The number of rotatable bonds is 6. The smallest absolute Gasteiger partial charge is 0.315 e. The summed E-state index contributed by atoms with van der Waals surface area (Å²) >= 11 is 0. The van der Waals surface area contributed by atoms with Gasteiger partial charge in [-0.1, -0.05) is 38.1 Å². The third kappa shape index (κ3) is 5.81. The summed E-state index contributed by atoms with van der Waals surface area (Å²) in [7, 11) is 0. The lowest BCUT2D eigenvalue weighted by atomic mass is 10.0. The van der Waals surface area contributed by atoms with Gasteiger partial charge < -0.3 is 16.0 Å². The molecule has 3 amide bonds. The van der Waals surface area contributed by atoms with Gasteiger partial charge in [0.15, 0.2) is 0 Å². The Balaban J connectivity index is 1.97. The number of anilines is 1. The van der Waals surface area contributed by atoms with E-state index in [0.717, 1.165) is 22.4 Å². The molecule has 0 saturated heterocycles. The van der Waals surface area contributed by atoms with Crippen molar-refractivity contribution in [3.63, 3.8) is 0 Å². The third-order valence-electron chi connectivity index (χ3n) is 4.46. The van der Waals surface area contributed by atoms with Crippen LogP contribution in [0.5, 0.6) is 0 Å². The maximum Gasteiger partial charge on any atom is 0.315 e. The minimum absolute atomic E-state index is 0.0910. The van der Waals surface area contributed by atoms with Crippen LogP contribution in [0.4, 0.5) is 14.9 Å². The van der Waals surface area contributed by atoms with Gasteiger partial charge in [-0.2, -0.15) is 0 Å². The van der Waals surface area contributed by atoms with E-state index in [2.05, 4.69) is 16.0 Å². The molecule has 0 aromatic heterocycles. The van der Waals surface area contributed by atoms with Crippen molar-refractivity contribution in [2.75, 3.05) is 5.32 Å². The standard InChI is InChI=1S/C21H26FN3O2/c1-13(2)19(20(26)24-18-7-5-6-14(3)15(18)4)25-21(27)23-12-16-8-10-17(22)11-9-16/h5-11,13,19H,12H2,1-4H3,(H,24,26)(H2,23,25,27)/t19-/m0/s1. The summed E-state index contributed by atoms with van der Waals surface area (Å²) in [5.74, 6) is -0.687. The molecule has 0 bridgehead atoms. The monoisotopic (exact) mass is 371 g/mol. The van der Waals surface area contributed by atoms with Crippen LogP contribution >= 0.6 is 0 Å². The number of hydrogen-bond donors (Lipinski definition) is 3. The maximum atomic E-state index is 12.9. The van der Waals surface area contributed by atoms with E-state index in [-0.39, 0.29) is 24.2 Å². The molecule has 3 N–H and O–H groups in total. The number of carbonyl (C=O) groups excluding carboxylic acids is 2. The summed E-state index contributed by atoms with van der Waals surface area (Å²) in [6.07, 6.45) is 0. The molecule has 2 aromatic carbocycles. The predicted octanol–water partition coefficient (Wildman–Crippen LogP) is 3.91. The van der Waals surface area contributed by atoms with Gasteiger partial charge >= 0.3 is 6.03 Å². The lowest BCUT2D eigenvalue weighted by Crippen LogP contribution is -2.50. The van der Waals surface area contributed by atoms with Gasteiger partial charge in [0, 0.05) is 12.2 Å². The van der Waals surface area contributed by atoms with Crippen LogP contribution in [0.25, 0.3) is 0 Å². The van der Waals surface area contributed by atoms with Gasteiger partial charge in [0.2, 0.25) is 5.91 Å². The van der Waals surface area contributed by atoms with Crippen molar-refractivity contribution in [1.82, 2.24) is 10.6 Å². The predicted molar refractivity (Wildman–Crippen MR) is 105 cm³/mol. The molecule has 2 aromatic rings. The fourth-order valence-electron chi connectivity index (χ4n) is 2.61. The summed E-state index contributed by atoms with van der Waals surface area (Å²) in [4.78, 5) is 24.9. The lowest BCUT2D eigenvalue weighted by molar-refractivity contribution is -0.118. The Kier molecular flexibility index (Phi) is 6.93. The fraction of sp³-hybridized carbons (Fsp3) is 0.333. The zero-order valence-corrected chi connectivity index (χ0v) is 16.1. The van der Waals surface area contributed by atoms with Crippen LogP contribution in [0.3, 0.4) is 0 Å². The second-order valence-electron chi connectivity index (χ2n) is 6.91. The molecule has 0 heterocycles. The van der Waals surface area contributed by atoms with Crippen molar-refractivity contribution in [3.8, 4) is 0 Å². The molecule has 6 heteroatoms. The van der Waals surface area contributed by atoms with Crippen LogP contribution in [0.2, 0.25) is 0 Å². The first-order valence-corrected chi connectivity index (χ1v) is 8.94. The van der Waals surface area contributed by atoms with E-state index in [0.29, 0.717) is 0 Å². The molecule has 0 radical (unpaired) electrons. The van der Waals surface area contributed by atoms with Gasteiger partial charge in [-0.3, -0.25) is 4.79 Å². The highest BCUT2D eigenvalue weighted by molar-refractivity contribution is 5.97. The molecule has 0 spiro atoms. The van der Waals surface area contributed by atoms with Crippen LogP contribution in [0, 0.1) is 25.6 Å². The summed E-state index contributed by atoms with van der Waals surface area (Å²) in [6.45, 7) is 7.90. The maximum absolute atomic E-state index is 12.9. The minimum Gasteiger partial charge on any atom is -0.334 e. The van der Waals surface area contributed by atoms with Gasteiger partial charge in [0.1, 0.15) is 11.9 Å². The number of nitrogens with one attached hydrogen (secondary N) is 3. The van der Waals surface area contributed by atoms with E-state index in [4.69, 9.17) is 0 Å². The van der Waals surface area contributed by atoms with Gasteiger partial charge in [0.25, 0.3) is 0 Å². The quantitative estimate of drug-likeness (QED) is 0.721. The number of amides is 3. The zero-order valence-electron chi connectivity index (χ0n) is 16.1.